The minimum atomic E-state index is -0.853. The van der Waals surface area contributed by atoms with Gasteiger partial charge in [-0.1, -0.05) is 6.08 Å². The molecule has 0 radical (unpaired) electrons. The van der Waals surface area contributed by atoms with Gasteiger partial charge in [0.05, 0.1) is 0 Å². The highest BCUT2D eigenvalue weighted by molar-refractivity contribution is 5.79. The number of likely N-dealkylation sites (N-methyl/N-ethyl adjacent to an activating group) is 1. The summed E-state index contributed by atoms with van der Waals surface area (Å²) < 4.78 is 0. The summed E-state index contributed by atoms with van der Waals surface area (Å²) in [5, 5.41) is 8.53. The molecule has 0 spiro atoms. The number of likely N-dealkylation sites (tertiary alicyclic amines) is 1. The molecule has 2 saturated heterocycles. The molecule has 2 heterocycles. The van der Waals surface area contributed by atoms with E-state index in [0.717, 1.165) is 25.7 Å². The van der Waals surface area contributed by atoms with Crippen LogP contribution in [0.3, 0.4) is 0 Å². The van der Waals surface area contributed by atoms with Gasteiger partial charge in [-0.25, -0.2) is 4.79 Å². The maximum Gasteiger partial charge on any atom is 0.328 e. The molecular weight excluding hydrogens is 204 g/mol. The molecule has 0 aromatic heterocycles. The highest BCUT2D eigenvalue weighted by Gasteiger charge is 2.34. The fourth-order valence-electron chi connectivity index (χ4n) is 2.85. The van der Waals surface area contributed by atoms with Crippen molar-refractivity contribution < 1.29 is 9.90 Å². The summed E-state index contributed by atoms with van der Waals surface area (Å²) in [6, 6.07) is 1.42. The largest absolute Gasteiger partial charge is 0.478 e. The van der Waals surface area contributed by atoms with E-state index in [4.69, 9.17) is 5.11 Å². The van der Waals surface area contributed by atoms with Crippen molar-refractivity contribution in [2.24, 2.45) is 0 Å². The van der Waals surface area contributed by atoms with E-state index >= 15 is 0 Å². The van der Waals surface area contributed by atoms with E-state index in [2.05, 4.69) is 16.8 Å². The van der Waals surface area contributed by atoms with Gasteiger partial charge in [-0.3, -0.25) is 9.80 Å². The normalized spacial score (nSPS) is 32.1. The molecule has 0 saturated carbocycles. The van der Waals surface area contributed by atoms with Gasteiger partial charge in [0.25, 0.3) is 0 Å². The number of aliphatic carboxylic acids is 1. The third kappa shape index (κ3) is 2.62. The number of carboxylic acid groups (broad SMARTS) is 1. The monoisotopic (exact) mass is 224 g/mol. The summed E-state index contributed by atoms with van der Waals surface area (Å²) in [4.78, 5) is 15.2. The Morgan fingerprint density at radius 3 is 2.88 bits per heavy atom. The lowest BCUT2D eigenvalue weighted by atomic mass is 10.1. The minimum absolute atomic E-state index is 0.672. The Bertz CT molecular complexity index is 291. The number of hydrogen-bond donors (Lipinski definition) is 1. The Balaban J connectivity index is 1.86. The molecule has 2 aliphatic heterocycles. The summed E-state index contributed by atoms with van der Waals surface area (Å²) in [6.45, 7) is 2.94. The van der Waals surface area contributed by atoms with Crippen LogP contribution in [-0.2, 0) is 4.79 Å². The van der Waals surface area contributed by atoms with E-state index in [1.54, 1.807) is 6.08 Å². The van der Waals surface area contributed by atoms with Crippen molar-refractivity contribution in [2.45, 2.75) is 31.3 Å². The fraction of sp³-hybridized carbons (Fsp3) is 0.750. The molecule has 0 aromatic rings. The first-order chi connectivity index (χ1) is 7.66. The van der Waals surface area contributed by atoms with E-state index in [1.807, 2.05) is 0 Å². The highest BCUT2D eigenvalue weighted by Crippen LogP contribution is 2.28. The minimum Gasteiger partial charge on any atom is -0.478 e. The van der Waals surface area contributed by atoms with Crippen LogP contribution in [0.5, 0.6) is 0 Å². The van der Waals surface area contributed by atoms with Crippen molar-refractivity contribution in [1.82, 2.24) is 9.80 Å². The number of carboxylic acids is 1. The molecule has 2 rings (SSSR count). The van der Waals surface area contributed by atoms with Crippen LogP contribution in [0.15, 0.2) is 12.2 Å². The molecule has 4 heteroatoms. The number of hydrogen-bond acceptors (Lipinski definition) is 3. The van der Waals surface area contributed by atoms with E-state index in [0.29, 0.717) is 6.04 Å². The number of carbonyl (C=O) groups is 1. The van der Waals surface area contributed by atoms with Crippen LogP contribution < -0.4 is 0 Å². The zero-order chi connectivity index (χ0) is 11.5. The molecule has 16 heavy (non-hydrogen) atoms. The average molecular weight is 224 g/mol. The van der Waals surface area contributed by atoms with Gasteiger partial charge in [0.2, 0.25) is 0 Å². The van der Waals surface area contributed by atoms with Gasteiger partial charge in [-0.2, -0.15) is 0 Å². The van der Waals surface area contributed by atoms with E-state index in [-0.39, 0.29) is 0 Å². The highest BCUT2D eigenvalue weighted by atomic mass is 16.4. The van der Waals surface area contributed by atoms with Gasteiger partial charge in [0.1, 0.15) is 0 Å². The third-order valence-electron chi connectivity index (χ3n) is 3.86. The van der Waals surface area contributed by atoms with Gasteiger partial charge in [0.15, 0.2) is 0 Å². The van der Waals surface area contributed by atoms with Gasteiger partial charge in [-0.15, -0.1) is 0 Å². The molecule has 2 bridgehead atoms. The lowest BCUT2D eigenvalue weighted by molar-refractivity contribution is -0.131. The molecule has 1 N–H and O–H groups in total. The maximum absolute atomic E-state index is 10.4. The smallest absolute Gasteiger partial charge is 0.328 e. The predicted octanol–water partition coefficient (Wildman–Crippen LogP) is 0.796. The lowest BCUT2D eigenvalue weighted by Gasteiger charge is -2.24. The van der Waals surface area contributed by atoms with Gasteiger partial charge in [-0.05, 0) is 26.3 Å². The second-order valence-corrected chi connectivity index (χ2v) is 4.84. The van der Waals surface area contributed by atoms with E-state index in [9.17, 15) is 4.79 Å². The Morgan fingerprint density at radius 1 is 1.38 bits per heavy atom. The zero-order valence-corrected chi connectivity index (χ0v) is 9.80. The fourth-order valence-corrected chi connectivity index (χ4v) is 2.85. The first-order valence-corrected chi connectivity index (χ1v) is 6.00. The topological polar surface area (TPSA) is 43.8 Å². The lowest BCUT2D eigenvalue weighted by Crippen LogP contribution is -2.36. The SMILES string of the molecule is CN1C2CCC1CN(C/C=C/C(=O)O)CC2. The van der Waals surface area contributed by atoms with Gasteiger partial charge < -0.3 is 5.11 Å². The van der Waals surface area contributed by atoms with Crippen molar-refractivity contribution in [2.75, 3.05) is 26.7 Å². The summed E-state index contributed by atoms with van der Waals surface area (Å²) in [6.07, 6.45) is 6.84. The summed E-state index contributed by atoms with van der Waals surface area (Å²) in [7, 11) is 2.22. The Kier molecular flexibility index (Phi) is 3.61. The molecule has 4 nitrogen and oxygen atoms in total. The molecule has 2 fully saturated rings. The van der Waals surface area contributed by atoms with Crippen molar-refractivity contribution in [1.29, 1.82) is 0 Å². The zero-order valence-electron chi connectivity index (χ0n) is 9.80. The van der Waals surface area contributed by atoms with Crippen LogP contribution in [0.2, 0.25) is 0 Å². The first kappa shape index (κ1) is 11.6. The van der Waals surface area contributed by atoms with Crippen LogP contribution in [0.1, 0.15) is 19.3 Å². The number of nitrogens with zero attached hydrogens (tertiary/aromatic N) is 2. The van der Waals surface area contributed by atoms with Gasteiger partial charge >= 0.3 is 5.97 Å². The van der Waals surface area contributed by atoms with Crippen LogP contribution in [0.25, 0.3) is 0 Å². The van der Waals surface area contributed by atoms with Crippen LogP contribution in [0.4, 0.5) is 0 Å². The Morgan fingerprint density at radius 2 is 2.12 bits per heavy atom. The molecular formula is C12H20N2O2. The average Bonchev–Trinajstić information content (AvgIpc) is 2.45. The standard InChI is InChI=1S/C12H20N2O2/c1-13-10-4-5-11(13)9-14(8-6-10)7-2-3-12(15)16/h2-3,10-11H,4-9H2,1H3,(H,15,16)/b3-2+. The summed E-state index contributed by atoms with van der Waals surface area (Å²) in [5.41, 5.74) is 0. The molecule has 2 unspecified atom stereocenters. The van der Waals surface area contributed by atoms with Crippen molar-refractivity contribution in [3.63, 3.8) is 0 Å². The molecule has 2 atom stereocenters. The molecule has 0 aromatic carbocycles. The second-order valence-electron chi connectivity index (χ2n) is 4.84. The van der Waals surface area contributed by atoms with Crippen molar-refractivity contribution >= 4 is 5.97 Å². The molecule has 0 amide bonds. The predicted molar refractivity (Wildman–Crippen MR) is 62.4 cm³/mol. The summed E-state index contributed by atoms with van der Waals surface area (Å²) >= 11 is 0. The second kappa shape index (κ2) is 4.97. The molecule has 0 aliphatic carbocycles. The maximum atomic E-state index is 10.4. The quantitative estimate of drug-likeness (QED) is 0.720. The first-order valence-electron chi connectivity index (χ1n) is 6.00. The van der Waals surface area contributed by atoms with Crippen molar-refractivity contribution in [3.8, 4) is 0 Å². The van der Waals surface area contributed by atoms with E-state index < -0.39 is 5.97 Å². The third-order valence-corrected chi connectivity index (χ3v) is 3.86. The van der Waals surface area contributed by atoms with Gasteiger partial charge in [0, 0.05) is 37.8 Å². The molecule has 2 aliphatic rings. The summed E-state index contributed by atoms with van der Waals surface area (Å²) in [5.74, 6) is -0.853. The number of fused-ring (bicyclic) bond motifs is 2. The van der Waals surface area contributed by atoms with Crippen LogP contribution in [0, 0.1) is 0 Å². The van der Waals surface area contributed by atoms with Crippen molar-refractivity contribution in [3.05, 3.63) is 12.2 Å². The Labute approximate surface area is 96.5 Å². The van der Waals surface area contributed by atoms with Crippen LogP contribution in [-0.4, -0.2) is 59.6 Å². The number of rotatable bonds is 3. The van der Waals surface area contributed by atoms with E-state index in [1.165, 1.54) is 25.3 Å². The van der Waals surface area contributed by atoms with Crippen LogP contribution >= 0.6 is 0 Å². The molecule has 90 valence electrons. The Hall–Kier alpha value is -0.870.